The molecule has 8 heavy (non-hydrogen) atoms. The van der Waals surface area contributed by atoms with E-state index in [1.54, 1.807) is 0 Å². The maximum atomic E-state index is 4.42. The zero-order valence-corrected chi connectivity index (χ0v) is 6.42. The van der Waals surface area contributed by atoms with Crippen LogP contribution in [-0.2, 0) is 15.0 Å². The molecule has 0 bridgehead atoms. The van der Waals surface area contributed by atoms with Gasteiger partial charge in [-0.05, 0) is 0 Å². The summed E-state index contributed by atoms with van der Waals surface area (Å²) in [5, 5.41) is 0. The Morgan fingerprint density at radius 3 is 2.50 bits per heavy atom. The van der Waals surface area contributed by atoms with E-state index in [1.165, 1.54) is 25.7 Å². The van der Waals surface area contributed by atoms with E-state index >= 15 is 0 Å². The van der Waals surface area contributed by atoms with Crippen molar-refractivity contribution < 1.29 is 15.0 Å². The molecule has 0 radical (unpaired) electrons. The van der Waals surface area contributed by atoms with Gasteiger partial charge in [-0.1, -0.05) is 0 Å². The molecular weight excluding hydrogens is 143 g/mol. The van der Waals surface area contributed by atoms with Crippen LogP contribution in [0.1, 0.15) is 39.0 Å². The third kappa shape index (κ3) is 6.36. The molecule has 0 aliphatic rings. The third-order valence-electron chi connectivity index (χ3n) is 1.15. The van der Waals surface area contributed by atoms with Crippen molar-refractivity contribution in [1.82, 2.24) is 0 Å². The van der Waals surface area contributed by atoms with Crippen LogP contribution < -0.4 is 0 Å². The molecule has 0 amide bonds. The van der Waals surface area contributed by atoms with Gasteiger partial charge in [-0.2, -0.15) is 0 Å². The van der Waals surface area contributed by atoms with E-state index in [0.29, 0.717) is 0 Å². The molecule has 0 atom stereocenters. The minimum absolute atomic E-state index is 1.14. The Labute approximate surface area is 59.6 Å². The predicted molar refractivity (Wildman–Crippen MR) is 34.8 cm³/mol. The van der Waals surface area contributed by atoms with E-state index in [4.69, 9.17) is 0 Å². The van der Waals surface area contributed by atoms with Crippen LogP contribution in [0.3, 0.4) is 0 Å². The van der Waals surface area contributed by atoms with Gasteiger partial charge in [0.2, 0.25) is 0 Å². The van der Waals surface area contributed by atoms with Crippen molar-refractivity contribution in [1.29, 1.82) is 0 Å². The van der Waals surface area contributed by atoms with E-state index < -0.39 is 0 Å². The van der Waals surface area contributed by atoms with Crippen LogP contribution in [-0.4, -0.2) is 4.99 Å². The molecule has 0 N–H and O–H groups in total. The van der Waals surface area contributed by atoms with Crippen molar-refractivity contribution in [2.24, 2.45) is 0 Å². The summed E-state index contributed by atoms with van der Waals surface area (Å²) in [5.74, 6) is 0. The summed E-state index contributed by atoms with van der Waals surface area (Å²) >= 11 is 4.42. The molecule has 0 rings (SSSR count). The molecule has 1 heteroatoms. The van der Waals surface area contributed by atoms with Gasteiger partial charge in [0.1, 0.15) is 0 Å². The quantitative estimate of drug-likeness (QED) is 0.424. The Balaban J connectivity index is 2.62. The van der Waals surface area contributed by atoms with E-state index in [-0.39, 0.29) is 0 Å². The van der Waals surface area contributed by atoms with Crippen LogP contribution in [0.15, 0.2) is 0 Å². The fraction of sp³-hybridized carbons (Fsp3) is 0.857. The van der Waals surface area contributed by atoms with E-state index in [0.717, 1.165) is 6.42 Å². The average Bonchev–Trinajstić information content (AvgIpc) is 1.81. The summed E-state index contributed by atoms with van der Waals surface area (Å²) in [6.45, 7) is 2.22. The molecule has 0 aliphatic carbocycles. The van der Waals surface area contributed by atoms with E-state index in [9.17, 15) is 0 Å². The molecule has 0 saturated carbocycles. The number of hydrogen-bond donors (Lipinski definition) is 0. The van der Waals surface area contributed by atoms with Crippen molar-refractivity contribution in [3.05, 3.63) is 0 Å². The molecule has 0 fully saturated rings. The molecule has 0 unspecified atom stereocenters. The Morgan fingerprint density at radius 1 is 1.25 bits per heavy atom. The SMILES string of the molecule is CCCCCC[CH]=[Ni]. The summed E-state index contributed by atoms with van der Waals surface area (Å²) in [4.78, 5) is 1.87. The normalized spacial score (nSPS) is 9.38. The second-order valence-electron chi connectivity index (χ2n) is 1.98. The number of hydrogen-bond acceptors (Lipinski definition) is 0. The van der Waals surface area contributed by atoms with Crippen molar-refractivity contribution in [2.45, 2.75) is 39.0 Å². The fourth-order valence-corrected chi connectivity index (χ4v) is 0.837. The Morgan fingerprint density at radius 2 is 2.00 bits per heavy atom. The predicted octanol–water partition coefficient (Wildman–Crippen LogP) is 2.31. The maximum absolute atomic E-state index is 4.42. The summed E-state index contributed by atoms with van der Waals surface area (Å²) in [6, 6.07) is 0. The van der Waals surface area contributed by atoms with Gasteiger partial charge >= 0.3 is 59.1 Å². The monoisotopic (exact) mass is 156 g/mol. The van der Waals surface area contributed by atoms with Crippen LogP contribution in [0.5, 0.6) is 0 Å². The van der Waals surface area contributed by atoms with Crippen molar-refractivity contribution in [2.75, 3.05) is 0 Å². The molecule has 0 aromatic carbocycles. The van der Waals surface area contributed by atoms with Gasteiger partial charge in [-0.25, -0.2) is 0 Å². The molecule has 0 saturated heterocycles. The second kappa shape index (κ2) is 7.36. The van der Waals surface area contributed by atoms with Crippen LogP contribution in [0.4, 0.5) is 0 Å². The zero-order valence-electron chi connectivity index (χ0n) is 5.43. The first-order valence-corrected chi connectivity index (χ1v) is 3.87. The molecule has 52 valence electrons. The topological polar surface area (TPSA) is 0 Å². The number of rotatable bonds is 5. The first-order chi connectivity index (χ1) is 3.91. The number of unbranched alkanes of at least 4 members (excludes halogenated alkanes) is 4. The van der Waals surface area contributed by atoms with Gasteiger partial charge < -0.3 is 0 Å². The van der Waals surface area contributed by atoms with Crippen molar-refractivity contribution in [3.8, 4) is 0 Å². The second-order valence-corrected chi connectivity index (χ2v) is 2.38. The van der Waals surface area contributed by atoms with Gasteiger partial charge in [0.15, 0.2) is 0 Å². The summed E-state index contributed by atoms with van der Waals surface area (Å²) in [7, 11) is 0. The van der Waals surface area contributed by atoms with E-state index in [1.807, 2.05) is 4.99 Å². The summed E-state index contributed by atoms with van der Waals surface area (Å²) < 4.78 is 0. The van der Waals surface area contributed by atoms with Gasteiger partial charge in [0.05, 0.1) is 0 Å². The van der Waals surface area contributed by atoms with Gasteiger partial charge in [0.25, 0.3) is 0 Å². The van der Waals surface area contributed by atoms with Crippen LogP contribution in [0, 0.1) is 0 Å². The molecule has 0 aromatic heterocycles. The van der Waals surface area contributed by atoms with Crippen LogP contribution >= 0.6 is 0 Å². The summed E-state index contributed by atoms with van der Waals surface area (Å²) in [6.07, 6.45) is 6.49. The first kappa shape index (κ1) is 8.36. The molecule has 0 aromatic rings. The molecule has 0 heterocycles. The molecular formula is C7H14Ni. The van der Waals surface area contributed by atoms with Crippen molar-refractivity contribution in [3.63, 3.8) is 0 Å². The zero-order chi connectivity index (χ0) is 6.24. The molecule has 0 nitrogen and oxygen atoms in total. The summed E-state index contributed by atoms with van der Waals surface area (Å²) in [5.41, 5.74) is 0. The van der Waals surface area contributed by atoms with Gasteiger partial charge in [-0.15, -0.1) is 0 Å². The standard InChI is InChI=1S/C7H14.Ni/c1-3-5-7-6-4-2;/h1H,3-7H2,2H3;. The Bertz CT molecular complexity index is 50.3. The Kier molecular flexibility index (Phi) is 7.70. The van der Waals surface area contributed by atoms with Crippen molar-refractivity contribution >= 4 is 4.99 Å². The van der Waals surface area contributed by atoms with Crippen LogP contribution in [0.2, 0.25) is 0 Å². The van der Waals surface area contributed by atoms with Crippen LogP contribution in [0.25, 0.3) is 0 Å². The van der Waals surface area contributed by atoms with Gasteiger partial charge in [0, 0.05) is 0 Å². The Hall–Kier alpha value is 0.364. The minimum atomic E-state index is 1.14. The van der Waals surface area contributed by atoms with Gasteiger partial charge in [-0.3, -0.25) is 0 Å². The van der Waals surface area contributed by atoms with E-state index in [2.05, 4.69) is 22.0 Å². The third-order valence-corrected chi connectivity index (χ3v) is 1.43. The first-order valence-electron chi connectivity index (χ1n) is 3.30. The molecule has 0 aliphatic heterocycles. The molecule has 0 spiro atoms. The average molecular weight is 157 g/mol. The fourth-order valence-electron chi connectivity index (χ4n) is 0.636.